The normalized spacial score (nSPS) is 16.0. The number of hydrogen-bond acceptors (Lipinski definition) is 4. The Hall–Kier alpha value is -1.63. The van der Waals surface area contributed by atoms with Crippen LogP contribution in [0.25, 0.3) is 0 Å². The van der Waals surface area contributed by atoms with Crippen molar-refractivity contribution in [1.82, 2.24) is 10.3 Å². The molecule has 0 aromatic carbocycles. The molecule has 1 fully saturated rings. The topological polar surface area (TPSA) is 82.5 Å². The Morgan fingerprint density at radius 1 is 1.55 bits per heavy atom. The summed E-state index contributed by atoms with van der Waals surface area (Å²) < 4.78 is 0.787. The predicted molar refractivity (Wildman–Crippen MR) is 78.5 cm³/mol. The average molecular weight is 342 g/mol. The monoisotopic (exact) mass is 341 g/mol. The molecular weight excluding hydrogens is 326 g/mol. The minimum Gasteiger partial charge on any atom is -0.465 e. The van der Waals surface area contributed by atoms with Crippen molar-refractivity contribution in [2.24, 2.45) is 0 Å². The summed E-state index contributed by atoms with van der Waals surface area (Å²) in [6.07, 6.45) is 2.97. The molecular formula is C13H16BrN3O3. The first-order valence-electron chi connectivity index (χ1n) is 6.37. The largest absolute Gasteiger partial charge is 0.465 e. The van der Waals surface area contributed by atoms with Gasteiger partial charge >= 0.3 is 6.09 Å². The van der Waals surface area contributed by atoms with Crippen molar-refractivity contribution in [2.75, 3.05) is 18.0 Å². The maximum atomic E-state index is 11.3. The average Bonchev–Trinajstić information content (AvgIpc) is 2.41. The Balaban J connectivity index is 2.16. The van der Waals surface area contributed by atoms with Gasteiger partial charge in [-0.2, -0.15) is 0 Å². The molecule has 2 heterocycles. The van der Waals surface area contributed by atoms with Crippen LogP contribution >= 0.6 is 15.9 Å². The number of carboxylic acid groups (broad SMARTS) is 1. The van der Waals surface area contributed by atoms with Crippen LogP contribution in [-0.4, -0.2) is 41.6 Å². The number of anilines is 1. The summed E-state index contributed by atoms with van der Waals surface area (Å²) in [6, 6.07) is -0.0230. The second-order valence-electron chi connectivity index (χ2n) is 4.78. The minimum atomic E-state index is -0.988. The van der Waals surface area contributed by atoms with Crippen LogP contribution in [0, 0.1) is 6.92 Å². The molecule has 1 aromatic rings. The molecule has 1 saturated heterocycles. The molecule has 0 radical (unpaired) electrons. The lowest BCUT2D eigenvalue weighted by Gasteiger charge is -2.34. The van der Waals surface area contributed by atoms with Crippen molar-refractivity contribution in [3.05, 3.63) is 21.9 Å². The Kier molecular flexibility index (Phi) is 4.59. The summed E-state index contributed by atoms with van der Waals surface area (Å²) in [7, 11) is 0. The summed E-state index contributed by atoms with van der Waals surface area (Å²) in [6.45, 7) is 3.21. The van der Waals surface area contributed by atoms with E-state index in [2.05, 4.69) is 31.1 Å². The van der Waals surface area contributed by atoms with Gasteiger partial charge in [-0.05, 0) is 35.7 Å². The van der Waals surface area contributed by atoms with Gasteiger partial charge in [0, 0.05) is 31.0 Å². The first kappa shape index (κ1) is 14.8. The van der Waals surface area contributed by atoms with Gasteiger partial charge in [0.2, 0.25) is 0 Å². The fourth-order valence-corrected chi connectivity index (χ4v) is 3.04. The van der Waals surface area contributed by atoms with E-state index >= 15 is 0 Å². The first-order chi connectivity index (χ1) is 9.52. The number of hydrogen-bond donors (Lipinski definition) is 2. The lowest BCUT2D eigenvalue weighted by Crippen LogP contribution is -2.44. The maximum absolute atomic E-state index is 11.3. The van der Waals surface area contributed by atoms with Crippen molar-refractivity contribution < 1.29 is 14.7 Å². The van der Waals surface area contributed by atoms with Gasteiger partial charge in [0.25, 0.3) is 0 Å². The van der Waals surface area contributed by atoms with E-state index in [1.807, 2.05) is 0 Å². The third kappa shape index (κ3) is 3.09. The number of aldehydes is 1. The van der Waals surface area contributed by atoms with E-state index < -0.39 is 6.09 Å². The van der Waals surface area contributed by atoms with Gasteiger partial charge in [-0.15, -0.1) is 0 Å². The first-order valence-corrected chi connectivity index (χ1v) is 7.17. The van der Waals surface area contributed by atoms with Crippen LogP contribution in [-0.2, 0) is 0 Å². The quantitative estimate of drug-likeness (QED) is 0.823. The summed E-state index contributed by atoms with van der Waals surface area (Å²) in [5, 5.41) is 11.2. The highest BCUT2D eigenvalue weighted by atomic mass is 79.9. The summed E-state index contributed by atoms with van der Waals surface area (Å²) in [5.74, 6) is 0. The van der Waals surface area contributed by atoms with Gasteiger partial charge in [0.1, 0.15) is 0 Å². The second kappa shape index (κ2) is 6.21. The van der Waals surface area contributed by atoms with Crippen molar-refractivity contribution >= 4 is 34.0 Å². The molecule has 1 aromatic heterocycles. The number of amides is 1. The van der Waals surface area contributed by atoms with Crippen LogP contribution in [0.3, 0.4) is 0 Å². The number of carbonyl (C=O) groups excluding carboxylic acids is 1. The van der Waals surface area contributed by atoms with Crippen LogP contribution < -0.4 is 10.2 Å². The Bertz CT molecular complexity index is 528. The van der Waals surface area contributed by atoms with E-state index in [1.54, 1.807) is 13.1 Å². The molecule has 2 N–H and O–H groups in total. The van der Waals surface area contributed by atoms with E-state index in [1.165, 1.54) is 0 Å². The van der Waals surface area contributed by atoms with E-state index in [9.17, 15) is 9.59 Å². The van der Waals surface area contributed by atoms with E-state index in [-0.39, 0.29) is 6.04 Å². The van der Waals surface area contributed by atoms with Crippen LogP contribution in [0.2, 0.25) is 0 Å². The predicted octanol–water partition coefficient (Wildman–Crippen LogP) is 2.20. The van der Waals surface area contributed by atoms with Gasteiger partial charge in [-0.25, -0.2) is 4.79 Å². The molecule has 1 amide bonds. The van der Waals surface area contributed by atoms with E-state index in [4.69, 9.17) is 5.11 Å². The molecule has 1 aliphatic rings. The van der Waals surface area contributed by atoms with Crippen molar-refractivity contribution in [2.45, 2.75) is 25.8 Å². The highest BCUT2D eigenvalue weighted by Gasteiger charge is 2.24. The van der Waals surface area contributed by atoms with Crippen molar-refractivity contribution in [3.8, 4) is 0 Å². The molecule has 0 unspecified atom stereocenters. The van der Waals surface area contributed by atoms with Gasteiger partial charge in [-0.3, -0.25) is 9.78 Å². The van der Waals surface area contributed by atoms with Crippen LogP contribution in [0.15, 0.2) is 10.7 Å². The molecule has 0 spiro atoms. The maximum Gasteiger partial charge on any atom is 0.404 e. The highest BCUT2D eigenvalue weighted by Crippen LogP contribution is 2.32. The third-order valence-corrected chi connectivity index (χ3v) is 4.08. The lowest BCUT2D eigenvalue weighted by molar-refractivity contribution is 0.112. The Morgan fingerprint density at radius 2 is 2.20 bits per heavy atom. The third-order valence-electron chi connectivity index (χ3n) is 3.50. The molecule has 0 atom stereocenters. The minimum absolute atomic E-state index is 0.0230. The molecule has 2 rings (SSSR count). The zero-order valence-corrected chi connectivity index (χ0v) is 12.7. The number of pyridine rings is 1. The zero-order valence-electron chi connectivity index (χ0n) is 11.1. The van der Waals surface area contributed by atoms with E-state index in [0.29, 0.717) is 24.3 Å². The number of aryl methyl sites for hydroxylation is 1. The van der Waals surface area contributed by atoms with Crippen molar-refractivity contribution in [3.63, 3.8) is 0 Å². The molecule has 7 heteroatoms. The molecule has 108 valence electrons. The number of halogens is 1. The molecule has 0 aliphatic carbocycles. The number of aromatic nitrogens is 1. The number of nitrogens with one attached hydrogen (secondary N) is 1. The SMILES string of the molecule is Cc1ncc(Br)c(N2CCC(NC(=O)O)CC2)c1C=O. The Labute approximate surface area is 125 Å². The van der Waals surface area contributed by atoms with Crippen molar-refractivity contribution in [1.29, 1.82) is 0 Å². The summed E-state index contributed by atoms with van der Waals surface area (Å²) >= 11 is 3.44. The van der Waals surface area contributed by atoms with Crippen LogP contribution in [0.4, 0.5) is 10.5 Å². The molecule has 0 saturated carbocycles. The number of nitrogens with zero attached hydrogens (tertiary/aromatic N) is 2. The number of rotatable bonds is 3. The molecule has 0 bridgehead atoms. The number of piperidine rings is 1. The van der Waals surface area contributed by atoms with Gasteiger partial charge in [0.15, 0.2) is 6.29 Å². The smallest absolute Gasteiger partial charge is 0.404 e. The van der Waals surface area contributed by atoms with Crippen LogP contribution in [0.1, 0.15) is 28.9 Å². The molecule has 20 heavy (non-hydrogen) atoms. The van der Waals surface area contributed by atoms with Gasteiger partial charge in [-0.1, -0.05) is 0 Å². The van der Waals surface area contributed by atoms with E-state index in [0.717, 1.165) is 29.3 Å². The standard InChI is InChI=1S/C13H16BrN3O3/c1-8-10(7-18)12(11(14)6-15-8)17-4-2-9(3-5-17)16-13(19)20/h6-7,9,16H,2-5H2,1H3,(H,19,20). The summed E-state index contributed by atoms with van der Waals surface area (Å²) in [4.78, 5) is 28.2. The molecule has 6 nitrogen and oxygen atoms in total. The second-order valence-corrected chi connectivity index (χ2v) is 5.64. The van der Waals surface area contributed by atoms with Gasteiger partial charge < -0.3 is 15.3 Å². The number of carbonyl (C=O) groups is 2. The fourth-order valence-electron chi connectivity index (χ4n) is 2.47. The molecule has 1 aliphatic heterocycles. The Morgan fingerprint density at radius 3 is 2.75 bits per heavy atom. The van der Waals surface area contributed by atoms with Gasteiger partial charge in [0.05, 0.1) is 15.7 Å². The zero-order chi connectivity index (χ0) is 14.7. The lowest BCUT2D eigenvalue weighted by atomic mass is 10.0. The van der Waals surface area contributed by atoms with Crippen LogP contribution in [0.5, 0.6) is 0 Å². The fraction of sp³-hybridized carbons (Fsp3) is 0.462. The summed E-state index contributed by atoms with van der Waals surface area (Å²) in [5.41, 5.74) is 2.13. The highest BCUT2D eigenvalue weighted by molar-refractivity contribution is 9.10.